The Bertz CT molecular complexity index is 892. The molecule has 1 unspecified atom stereocenters. The Morgan fingerprint density at radius 3 is 2.25 bits per heavy atom. The summed E-state index contributed by atoms with van der Waals surface area (Å²) in [6, 6.07) is 2.01. The molecule has 1 aromatic carbocycles. The first kappa shape index (κ1) is 26.8. The average molecular weight is 465 g/mol. The van der Waals surface area contributed by atoms with Crippen LogP contribution in [0, 0.1) is 5.41 Å². The fourth-order valence-corrected chi connectivity index (χ4v) is 6.10. The maximum atomic E-state index is 12.7. The summed E-state index contributed by atoms with van der Waals surface area (Å²) in [6.45, 7) is 16.8. The van der Waals surface area contributed by atoms with Crippen molar-refractivity contribution >= 4 is 19.5 Å². The molecule has 1 aliphatic carbocycles. The molecule has 2 rings (SSSR count). The second kappa shape index (κ2) is 10.2. The summed E-state index contributed by atoms with van der Waals surface area (Å²) < 4.78 is 23.2. The van der Waals surface area contributed by atoms with Crippen molar-refractivity contribution in [3.8, 4) is 5.75 Å². The molecule has 1 aromatic rings. The summed E-state index contributed by atoms with van der Waals surface area (Å²) >= 11 is 0. The Morgan fingerprint density at radius 2 is 1.75 bits per heavy atom. The van der Waals surface area contributed by atoms with Crippen LogP contribution in [0.1, 0.15) is 96.4 Å². The molecule has 0 aliphatic heterocycles. The van der Waals surface area contributed by atoms with Crippen molar-refractivity contribution in [1.29, 1.82) is 0 Å². The topological polar surface area (TPSA) is 72.8 Å². The van der Waals surface area contributed by atoms with Gasteiger partial charge in [0.2, 0.25) is 0 Å². The first-order valence-electron chi connectivity index (χ1n) is 11.7. The quantitative estimate of drug-likeness (QED) is 0.331. The van der Waals surface area contributed by atoms with Gasteiger partial charge in [0.1, 0.15) is 11.9 Å². The van der Waals surface area contributed by atoms with Gasteiger partial charge in [-0.1, -0.05) is 47.6 Å². The van der Waals surface area contributed by atoms with Gasteiger partial charge in [0, 0.05) is 11.1 Å². The summed E-state index contributed by atoms with van der Waals surface area (Å²) in [5.74, 6) is 0.345. The summed E-state index contributed by atoms with van der Waals surface area (Å²) in [7, 11) is -3.44. The van der Waals surface area contributed by atoms with E-state index in [-0.39, 0.29) is 41.9 Å². The van der Waals surface area contributed by atoms with E-state index in [2.05, 4.69) is 41.5 Å². The molecule has 1 N–H and O–H groups in total. The number of benzene rings is 1. The van der Waals surface area contributed by atoms with Gasteiger partial charge in [-0.2, -0.15) is 0 Å². The third-order valence-electron chi connectivity index (χ3n) is 6.05. The van der Waals surface area contributed by atoms with Gasteiger partial charge in [-0.15, -0.1) is 0 Å². The molecule has 5 nitrogen and oxygen atoms in total. The van der Waals surface area contributed by atoms with E-state index >= 15 is 0 Å². The zero-order chi connectivity index (χ0) is 24.3. The number of carbonyl (C=O) groups excluding carboxylic acids is 1. The summed E-state index contributed by atoms with van der Waals surface area (Å²) in [4.78, 5) is 12.7. The molecule has 0 radical (unpaired) electrons. The predicted octanol–water partition coefficient (Wildman–Crippen LogP) is 7.00. The lowest BCUT2D eigenvalue weighted by atomic mass is 9.66. The number of phenolic OH excluding ortho intramolecular Hbond substituents is 1. The summed E-state index contributed by atoms with van der Waals surface area (Å²) in [5, 5.41) is 11.3. The zero-order valence-electron chi connectivity index (χ0n) is 21.1. The molecule has 0 spiro atoms. The Labute approximate surface area is 194 Å². The number of carbonyl (C=O) groups is 1. The first-order chi connectivity index (χ1) is 14.7. The third kappa shape index (κ3) is 6.34. The molecule has 0 aromatic heterocycles. The van der Waals surface area contributed by atoms with Crippen LogP contribution in [0.4, 0.5) is 0 Å². The number of fused-ring (bicyclic) bond motifs is 1. The van der Waals surface area contributed by atoms with Crippen LogP contribution < -0.4 is 0 Å². The SMILES string of the molecule is CCOP(=O)(CC(=O)/C=C/c1cc(C(C)(C)C)c(O)c2c1CCCC2C(C)(C)C)OCC. The molecule has 0 saturated carbocycles. The van der Waals surface area contributed by atoms with E-state index in [1.54, 1.807) is 13.8 Å². The van der Waals surface area contributed by atoms with E-state index in [1.165, 1.54) is 6.08 Å². The molecule has 1 atom stereocenters. The molecule has 0 amide bonds. The lowest BCUT2D eigenvalue weighted by Gasteiger charge is -2.38. The minimum absolute atomic E-state index is 0.0155. The number of aromatic hydroxyl groups is 1. The van der Waals surface area contributed by atoms with E-state index in [1.807, 2.05) is 12.1 Å². The molecule has 1 aliphatic rings. The van der Waals surface area contributed by atoms with Gasteiger partial charge in [-0.05, 0) is 73.1 Å². The van der Waals surface area contributed by atoms with E-state index in [9.17, 15) is 14.5 Å². The Balaban J connectivity index is 2.52. The van der Waals surface area contributed by atoms with E-state index in [0.29, 0.717) is 5.75 Å². The highest BCUT2D eigenvalue weighted by Crippen LogP contribution is 2.51. The van der Waals surface area contributed by atoms with Gasteiger partial charge < -0.3 is 14.2 Å². The minimum atomic E-state index is -3.44. The van der Waals surface area contributed by atoms with Gasteiger partial charge in [0.25, 0.3) is 0 Å². The van der Waals surface area contributed by atoms with E-state index in [4.69, 9.17) is 9.05 Å². The van der Waals surface area contributed by atoms with Crippen LogP contribution in [0.25, 0.3) is 6.08 Å². The molecular formula is C26H41O5P. The largest absolute Gasteiger partial charge is 0.507 e. The van der Waals surface area contributed by atoms with Gasteiger partial charge in [0.05, 0.1) is 13.2 Å². The maximum absolute atomic E-state index is 12.7. The monoisotopic (exact) mass is 464 g/mol. The molecule has 0 saturated heterocycles. The van der Waals surface area contributed by atoms with Gasteiger partial charge in [-0.25, -0.2) is 0 Å². The Morgan fingerprint density at radius 1 is 1.16 bits per heavy atom. The van der Waals surface area contributed by atoms with Crippen LogP contribution in [-0.4, -0.2) is 30.3 Å². The van der Waals surface area contributed by atoms with Crippen molar-refractivity contribution in [3.63, 3.8) is 0 Å². The standard InChI is InChI=1S/C26H41O5P/c1-9-30-32(29,31-10-2)17-19(27)15-14-18-16-22(26(6,7)8)24(28)23-20(18)12-11-13-21(23)25(3,4)5/h14-16,21,28H,9-13,17H2,1-8H3/b15-14+. The lowest BCUT2D eigenvalue weighted by Crippen LogP contribution is -2.25. The van der Waals surface area contributed by atoms with Crippen molar-refractivity contribution in [3.05, 3.63) is 34.4 Å². The highest BCUT2D eigenvalue weighted by atomic mass is 31.2. The van der Waals surface area contributed by atoms with Crippen LogP contribution in [0.5, 0.6) is 5.75 Å². The highest BCUT2D eigenvalue weighted by molar-refractivity contribution is 7.54. The minimum Gasteiger partial charge on any atom is -0.507 e. The van der Waals surface area contributed by atoms with Crippen molar-refractivity contribution in [2.24, 2.45) is 5.41 Å². The lowest BCUT2D eigenvalue weighted by molar-refractivity contribution is -0.112. The normalized spacial score (nSPS) is 17.6. The third-order valence-corrected chi connectivity index (χ3v) is 8.06. The van der Waals surface area contributed by atoms with Gasteiger partial charge >= 0.3 is 7.60 Å². The summed E-state index contributed by atoms with van der Waals surface area (Å²) in [5.41, 5.74) is 3.75. The number of rotatable bonds is 8. The molecule has 0 heterocycles. The number of ketones is 1. The van der Waals surface area contributed by atoms with Crippen molar-refractivity contribution in [1.82, 2.24) is 0 Å². The molecule has 0 bridgehead atoms. The van der Waals surface area contributed by atoms with Gasteiger partial charge in [0.15, 0.2) is 5.78 Å². The Hall–Kier alpha value is -1.42. The first-order valence-corrected chi connectivity index (χ1v) is 13.4. The second-order valence-corrected chi connectivity index (χ2v) is 12.8. The zero-order valence-corrected chi connectivity index (χ0v) is 22.0. The maximum Gasteiger partial charge on any atom is 0.338 e. The Kier molecular flexibility index (Phi) is 8.58. The average Bonchev–Trinajstić information content (AvgIpc) is 2.65. The summed E-state index contributed by atoms with van der Waals surface area (Å²) in [6.07, 6.45) is 5.95. The van der Waals surface area contributed by atoms with Crippen LogP contribution in [-0.2, 0) is 30.2 Å². The number of hydrogen-bond donors (Lipinski definition) is 1. The van der Waals surface area contributed by atoms with Crippen LogP contribution in [0.15, 0.2) is 12.1 Å². The fraction of sp³-hybridized carbons (Fsp3) is 0.654. The molecular weight excluding hydrogens is 423 g/mol. The van der Waals surface area contributed by atoms with E-state index < -0.39 is 7.60 Å². The number of allylic oxidation sites excluding steroid dienone is 1. The molecule has 32 heavy (non-hydrogen) atoms. The molecule has 180 valence electrons. The van der Waals surface area contributed by atoms with Crippen LogP contribution in [0.3, 0.4) is 0 Å². The van der Waals surface area contributed by atoms with Crippen molar-refractivity contribution in [2.75, 3.05) is 19.4 Å². The molecule has 0 fully saturated rings. The number of phenols is 1. The predicted molar refractivity (Wildman–Crippen MR) is 132 cm³/mol. The molecule has 6 heteroatoms. The van der Waals surface area contributed by atoms with Crippen molar-refractivity contribution < 1.29 is 23.5 Å². The van der Waals surface area contributed by atoms with Crippen molar-refractivity contribution in [2.45, 2.75) is 86.0 Å². The second-order valence-electron chi connectivity index (χ2n) is 10.7. The van der Waals surface area contributed by atoms with Crippen LogP contribution in [0.2, 0.25) is 0 Å². The highest BCUT2D eigenvalue weighted by Gasteiger charge is 2.36. The fourth-order valence-electron chi connectivity index (χ4n) is 4.57. The van der Waals surface area contributed by atoms with E-state index in [0.717, 1.165) is 41.5 Å². The van der Waals surface area contributed by atoms with Gasteiger partial charge in [-0.3, -0.25) is 9.36 Å². The smallest absolute Gasteiger partial charge is 0.338 e. The number of hydrogen-bond acceptors (Lipinski definition) is 5. The van der Waals surface area contributed by atoms with Crippen LogP contribution >= 0.6 is 7.60 Å².